The van der Waals surface area contributed by atoms with E-state index < -0.39 is 11.9 Å². The number of pyridine rings is 1. The van der Waals surface area contributed by atoms with Gasteiger partial charge in [-0.1, -0.05) is 0 Å². The minimum absolute atomic E-state index is 0.141. The Balaban J connectivity index is 1.75. The molecule has 1 saturated heterocycles. The lowest BCUT2D eigenvalue weighted by Crippen LogP contribution is -2.38. The number of fused-ring (bicyclic) bond motifs is 1. The number of nitrogens with one attached hydrogen (secondary N) is 1. The first-order valence-corrected chi connectivity index (χ1v) is 8.20. The van der Waals surface area contributed by atoms with Crippen LogP contribution in [-0.4, -0.2) is 51.0 Å². The minimum atomic E-state index is -4.52. The maximum Gasteiger partial charge on any atom is 0.433 e. The normalized spacial score (nSPS) is 15.5. The van der Waals surface area contributed by atoms with Crippen molar-refractivity contribution in [3.8, 4) is 5.69 Å². The number of aryl methyl sites for hydroxylation is 1. The van der Waals surface area contributed by atoms with Gasteiger partial charge >= 0.3 is 6.18 Å². The molecule has 0 aromatic carbocycles. The van der Waals surface area contributed by atoms with Crippen LogP contribution in [0, 0.1) is 6.92 Å². The lowest BCUT2D eigenvalue weighted by atomic mass is 10.2. The van der Waals surface area contributed by atoms with Gasteiger partial charge in [-0.3, -0.25) is 9.78 Å². The highest BCUT2D eigenvalue weighted by molar-refractivity contribution is 5.74. The Bertz CT molecular complexity index is 1050. The summed E-state index contributed by atoms with van der Waals surface area (Å²) in [6.07, 6.45) is -3.09. The first kappa shape index (κ1) is 17.5. The van der Waals surface area contributed by atoms with Crippen molar-refractivity contribution in [3.63, 3.8) is 0 Å². The van der Waals surface area contributed by atoms with Gasteiger partial charge in [0, 0.05) is 19.3 Å². The number of nitrogens with zero attached hydrogens (tertiary/aromatic N) is 5. The van der Waals surface area contributed by atoms with E-state index in [4.69, 9.17) is 4.74 Å². The summed E-state index contributed by atoms with van der Waals surface area (Å²) in [5, 5.41) is 4.50. The van der Waals surface area contributed by atoms with Crippen molar-refractivity contribution >= 4 is 17.0 Å². The van der Waals surface area contributed by atoms with Gasteiger partial charge in [0.1, 0.15) is 11.1 Å². The van der Waals surface area contributed by atoms with Crippen LogP contribution in [0.5, 0.6) is 0 Å². The summed E-state index contributed by atoms with van der Waals surface area (Å²) in [6.45, 7) is 3.71. The zero-order valence-corrected chi connectivity index (χ0v) is 14.2. The monoisotopic (exact) mass is 380 g/mol. The van der Waals surface area contributed by atoms with Gasteiger partial charge in [-0.25, -0.2) is 9.67 Å². The summed E-state index contributed by atoms with van der Waals surface area (Å²) in [5.74, 6) is 0.392. The molecule has 0 atom stereocenters. The van der Waals surface area contributed by atoms with E-state index in [2.05, 4.69) is 20.1 Å². The molecule has 11 heteroatoms. The van der Waals surface area contributed by atoms with Gasteiger partial charge in [0.15, 0.2) is 5.65 Å². The molecule has 0 saturated carbocycles. The molecule has 142 valence electrons. The molecule has 0 amide bonds. The molecule has 4 rings (SSSR count). The molecule has 1 aliphatic heterocycles. The fourth-order valence-electron chi connectivity index (χ4n) is 2.91. The van der Waals surface area contributed by atoms with E-state index in [9.17, 15) is 18.0 Å². The molecule has 4 heterocycles. The molecule has 0 radical (unpaired) electrons. The van der Waals surface area contributed by atoms with Crippen LogP contribution >= 0.6 is 0 Å². The molecule has 0 bridgehead atoms. The van der Waals surface area contributed by atoms with E-state index >= 15 is 0 Å². The number of rotatable bonds is 2. The maximum absolute atomic E-state index is 12.8. The molecule has 1 fully saturated rings. The second kappa shape index (κ2) is 6.34. The molecule has 1 N–H and O–H groups in total. The molecule has 0 aliphatic carbocycles. The minimum Gasteiger partial charge on any atom is -0.378 e. The van der Waals surface area contributed by atoms with Gasteiger partial charge < -0.3 is 9.64 Å². The number of hydrogen-bond acceptors (Lipinski definition) is 6. The summed E-state index contributed by atoms with van der Waals surface area (Å²) in [7, 11) is 0. The Hall–Kier alpha value is -2.95. The largest absolute Gasteiger partial charge is 0.433 e. The van der Waals surface area contributed by atoms with Crippen molar-refractivity contribution in [2.75, 3.05) is 31.2 Å². The molecule has 3 aromatic rings. The van der Waals surface area contributed by atoms with Gasteiger partial charge in [0.25, 0.3) is 5.56 Å². The Labute approximate surface area is 150 Å². The topological polar surface area (TPSA) is 88.9 Å². The van der Waals surface area contributed by atoms with Gasteiger partial charge in [-0.2, -0.15) is 18.2 Å². The van der Waals surface area contributed by atoms with E-state index in [1.165, 1.54) is 23.9 Å². The summed E-state index contributed by atoms with van der Waals surface area (Å²) in [4.78, 5) is 24.9. The number of anilines is 1. The Morgan fingerprint density at radius 3 is 2.59 bits per heavy atom. The molecular weight excluding hydrogens is 365 g/mol. The van der Waals surface area contributed by atoms with Crippen molar-refractivity contribution in [3.05, 3.63) is 40.1 Å². The predicted molar refractivity (Wildman–Crippen MR) is 90.1 cm³/mol. The second-order valence-electron chi connectivity index (χ2n) is 6.10. The summed E-state index contributed by atoms with van der Waals surface area (Å²) >= 11 is 0. The third kappa shape index (κ3) is 3.25. The number of hydrogen-bond donors (Lipinski definition) is 1. The van der Waals surface area contributed by atoms with Crippen LogP contribution in [-0.2, 0) is 10.9 Å². The number of aromatic nitrogens is 5. The highest BCUT2D eigenvalue weighted by Gasteiger charge is 2.32. The SMILES string of the molecule is Cc1nc(C(F)(F)F)ccc1-n1cc2c(=O)[nH]c(N3CCOCC3)nc2n1. The Kier molecular flexibility index (Phi) is 4.10. The number of aromatic amines is 1. The number of morpholine rings is 1. The lowest BCUT2D eigenvalue weighted by Gasteiger charge is -2.26. The van der Waals surface area contributed by atoms with Crippen molar-refractivity contribution in [1.29, 1.82) is 0 Å². The third-order valence-electron chi connectivity index (χ3n) is 4.28. The molecule has 0 spiro atoms. The molecule has 8 nitrogen and oxygen atoms in total. The van der Waals surface area contributed by atoms with Gasteiger partial charge in [-0.05, 0) is 19.1 Å². The van der Waals surface area contributed by atoms with Gasteiger partial charge in [-0.15, -0.1) is 5.10 Å². The molecule has 3 aromatic heterocycles. The van der Waals surface area contributed by atoms with Crippen LogP contribution < -0.4 is 10.5 Å². The van der Waals surface area contributed by atoms with Crippen LogP contribution in [0.4, 0.5) is 19.1 Å². The second-order valence-corrected chi connectivity index (χ2v) is 6.10. The summed E-state index contributed by atoms with van der Waals surface area (Å²) < 4.78 is 45.0. The smallest absolute Gasteiger partial charge is 0.378 e. The van der Waals surface area contributed by atoms with Crippen LogP contribution in [0.1, 0.15) is 11.4 Å². The van der Waals surface area contributed by atoms with Crippen molar-refractivity contribution in [2.45, 2.75) is 13.1 Å². The van der Waals surface area contributed by atoms with E-state index in [0.717, 1.165) is 6.07 Å². The van der Waals surface area contributed by atoms with E-state index in [0.29, 0.717) is 37.9 Å². The van der Waals surface area contributed by atoms with Crippen LogP contribution in [0.15, 0.2) is 23.1 Å². The Morgan fingerprint density at radius 2 is 1.93 bits per heavy atom. The molecule has 27 heavy (non-hydrogen) atoms. The zero-order valence-electron chi connectivity index (χ0n) is 14.2. The quantitative estimate of drug-likeness (QED) is 0.728. The van der Waals surface area contributed by atoms with E-state index in [-0.39, 0.29) is 22.3 Å². The van der Waals surface area contributed by atoms with Crippen molar-refractivity contribution in [1.82, 2.24) is 24.7 Å². The predicted octanol–water partition coefficient (Wildman–Crippen LogP) is 1.67. The van der Waals surface area contributed by atoms with Crippen LogP contribution in [0.3, 0.4) is 0 Å². The standard InChI is InChI=1S/C16H15F3N6O2/c1-9-11(2-3-12(20-9)16(17,18)19)25-8-10-13(23-25)21-15(22-14(10)26)24-4-6-27-7-5-24/h2-3,8H,4-7H2,1H3,(H,21,22,23,26). The van der Waals surface area contributed by atoms with E-state index in [1.807, 2.05) is 4.90 Å². The number of alkyl halides is 3. The average molecular weight is 380 g/mol. The van der Waals surface area contributed by atoms with Gasteiger partial charge in [0.05, 0.1) is 24.6 Å². The first-order valence-electron chi connectivity index (χ1n) is 8.20. The van der Waals surface area contributed by atoms with Crippen molar-refractivity contribution in [2.24, 2.45) is 0 Å². The fourth-order valence-corrected chi connectivity index (χ4v) is 2.91. The van der Waals surface area contributed by atoms with Crippen LogP contribution in [0.25, 0.3) is 16.7 Å². The maximum atomic E-state index is 12.8. The summed E-state index contributed by atoms with van der Waals surface area (Å²) in [6, 6.07) is 2.15. The number of halogens is 3. The molecule has 1 aliphatic rings. The highest BCUT2D eigenvalue weighted by Crippen LogP contribution is 2.29. The van der Waals surface area contributed by atoms with Crippen LogP contribution in [0.2, 0.25) is 0 Å². The molecular formula is C16H15F3N6O2. The van der Waals surface area contributed by atoms with Crippen molar-refractivity contribution < 1.29 is 17.9 Å². The number of H-pyrrole nitrogens is 1. The fraction of sp³-hybridized carbons (Fsp3) is 0.375. The Morgan fingerprint density at radius 1 is 1.19 bits per heavy atom. The highest BCUT2D eigenvalue weighted by atomic mass is 19.4. The third-order valence-corrected chi connectivity index (χ3v) is 4.28. The number of ether oxygens (including phenoxy) is 1. The van der Waals surface area contributed by atoms with Gasteiger partial charge in [0.2, 0.25) is 5.95 Å². The lowest BCUT2D eigenvalue weighted by molar-refractivity contribution is -0.141. The average Bonchev–Trinajstić information content (AvgIpc) is 3.06. The molecule has 0 unspecified atom stereocenters. The van der Waals surface area contributed by atoms with E-state index in [1.54, 1.807) is 0 Å². The summed E-state index contributed by atoms with van der Waals surface area (Å²) in [5.41, 5.74) is -0.661. The zero-order chi connectivity index (χ0) is 19.2. The first-order chi connectivity index (χ1) is 12.8.